The molecule has 0 aliphatic carbocycles. The largest absolute Gasteiger partial charge is 0.462 e. The molecule has 0 heterocycles. The second kappa shape index (κ2) is 10.9. The highest BCUT2D eigenvalue weighted by atomic mass is 32.2. The van der Waals surface area contributed by atoms with Gasteiger partial charge in [-0.25, -0.2) is 9.59 Å². The quantitative estimate of drug-likeness (QED) is 0.320. The van der Waals surface area contributed by atoms with Gasteiger partial charge in [0.1, 0.15) is 0 Å². The molecule has 7 nitrogen and oxygen atoms in total. The highest BCUT2D eigenvalue weighted by Gasteiger charge is 2.23. The molecule has 162 valence electrons. The van der Waals surface area contributed by atoms with Crippen LogP contribution in [0.3, 0.4) is 0 Å². The highest BCUT2D eigenvalue weighted by molar-refractivity contribution is 7.86. The average Bonchev–Trinajstić information content (AvgIpc) is 2.71. The molecule has 0 spiro atoms. The van der Waals surface area contributed by atoms with Crippen molar-refractivity contribution in [3.8, 4) is 0 Å². The Labute approximate surface area is 177 Å². The minimum atomic E-state index is -3.86. The molecule has 0 amide bonds. The number of rotatable bonds is 10. The van der Waals surface area contributed by atoms with Crippen LogP contribution in [-0.4, -0.2) is 40.2 Å². The van der Waals surface area contributed by atoms with Gasteiger partial charge in [0.05, 0.1) is 35.8 Å². The topological polar surface area (TPSA) is 96.0 Å². The summed E-state index contributed by atoms with van der Waals surface area (Å²) in [5.41, 5.74) is 1.78. The van der Waals surface area contributed by atoms with Gasteiger partial charge in [-0.2, -0.15) is 8.42 Å². The van der Waals surface area contributed by atoms with Crippen LogP contribution in [0.5, 0.6) is 0 Å². The van der Waals surface area contributed by atoms with Gasteiger partial charge < -0.3 is 9.47 Å². The SMILES string of the molecule is CCOC(=O)c1cccc(CCCOS(=O)(=O)c2ccc(C)cc2)c1C(=O)OCC. The molecular formula is C22H26O7S. The second-order valence-corrected chi connectivity index (χ2v) is 8.09. The van der Waals surface area contributed by atoms with E-state index in [2.05, 4.69) is 0 Å². The molecule has 0 saturated carbocycles. The number of benzene rings is 2. The molecule has 0 fully saturated rings. The van der Waals surface area contributed by atoms with Crippen LogP contribution < -0.4 is 0 Å². The van der Waals surface area contributed by atoms with Gasteiger partial charge in [0.15, 0.2) is 0 Å². The van der Waals surface area contributed by atoms with Crippen LogP contribution in [0.4, 0.5) is 0 Å². The Morgan fingerprint density at radius 3 is 2.17 bits per heavy atom. The summed E-state index contributed by atoms with van der Waals surface area (Å²) in [5, 5.41) is 0. The summed E-state index contributed by atoms with van der Waals surface area (Å²) >= 11 is 0. The fourth-order valence-corrected chi connectivity index (χ4v) is 3.78. The number of hydrogen-bond donors (Lipinski definition) is 0. The normalized spacial score (nSPS) is 11.2. The third-order valence-corrected chi connectivity index (χ3v) is 5.59. The van der Waals surface area contributed by atoms with Crippen molar-refractivity contribution in [2.24, 2.45) is 0 Å². The number of esters is 2. The van der Waals surface area contributed by atoms with Crippen LogP contribution in [0.2, 0.25) is 0 Å². The lowest BCUT2D eigenvalue weighted by molar-refractivity contribution is 0.0477. The minimum Gasteiger partial charge on any atom is -0.462 e. The number of carbonyl (C=O) groups excluding carboxylic acids is 2. The van der Waals surface area contributed by atoms with Gasteiger partial charge in [-0.3, -0.25) is 4.18 Å². The summed E-state index contributed by atoms with van der Waals surface area (Å²) in [5.74, 6) is -1.23. The Morgan fingerprint density at radius 2 is 1.53 bits per heavy atom. The summed E-state index contributed by atoms with van der Waals surface area (Å²) in [4.78, 5) is 24.8. The van der Waals surface area contributed by atoms with E-state index in [0.29, 0.717) is 18.4 Å². The summed E-state index contributed by atoms with van der Waals surface area (Å²) in [6, 6.07) is 11.2. The van der Waals surface area contributed by atoms with Crippen LogP contribution in [-0.2, 0) is 30.2 Å². The molecule has 0 N–H and O–H groups in total. The minimum absolute atomic E-state index is 0.0674. The van der Waals surface area contributed by atoms with Gasteiger partial charge in [0.2, 0.25) is 0 Å². The number of hydrogen-bond acceptors (Lipinski definition) is 7. The van der Waals surface area contributed by atoms with E-state index in [4.69, 9.17) is 13.7 Å². The molecule has 0 aliphatic heterocycles. The molecule has 0 bridgehead atoms. The molecule has 0 saturated heterocycles. The zero-order valence-electron chi connectivity index (χ0n) is 17.3. The van der Waals surface area contributed by atoms with Gasteiger partial charge in [-0.1, -0.05) is 29.8 Å². The van der Waals surface area contributed by atoms with Crippen LogP contribution in [0.1, 0.15) is 52.1 Å². The molecule has 2 aromatic carbocycles. The maximum absolute atomic E-state index is 12.4. The molecule has 0 aliphatic rings. The smallest absolute Gasteiger partial charge is 0.339 e. The third kappa shape index (κ3) is 6.14. The first-order valence-electron chi connectivity index (χ1n) is 9.72. The van der Waals surface area contributed by atoms with Crippen molar-refractivity contribution in [3.05, 3.63) is 64.7 Å². The molecule has 30 heavy (non-hydrogen) atoms. The van der Waals surface area contributed by atoms with Gasteiger partial charge in [0, 0.05) is 0 Å². The van der Waals surface area contributed by atoms with E-state index < -0.39 is 22.1 Å². The number of aryl methyl sites for hydroxylation is 2. The fourth-order valence-electron chi connectivity index (χ4n) is 2.84. The standard InChI is InChI=1S/C22H26O7S/c1-4-27-21(23)19-10-6-8-17(20(19)22(24)28-5-2)9-7-15-29-30(25,26)18-13-11-16(3)12-14-18/h6,8,10-14H,4-5,7,9,15H2,1-3H3. The van der Waals surface area contributed by atoms with Gasteiger partial charge in [-0.15, -0.1) is 0 Å². The summed E-state index contributed by atoms with van der Waals surface area (Å²) in [7, 11) is -3.86. The molecule has 2 rings (SSSR count). The number of ether oxygens (including phenoxy) is 2. The molecule has 0 unspecified atom stereocenters. The Hall–Kier alpha value is -2.71. The van der Waals surface area contributed by atoms with E-state index >= 15 is 0 Å². The zero-order chi connectivity index (χ0) is 22.1. The summed E-state index contributed by atoms with van der Waals surface area (Å²) in [6.07, 6.45) is 0.647. The first kappa shape index (κ1) is 23.6. The van der Waals surface area contributed by atoms with Gasteiger partial charge in [-0.05, 0) is 57.4 Å². The predicted molar refractivity (Wildman–Crippen MR) is 111 cm³/mol. The van der Waals surface area contributed by atoms with Crippen LogP contribution >= 0.6 is 0 Å². The molecule has 0 aromatic heterocycles. The fraction of sp³-hybridized carbons (Fsp3) is 0.364. The third-order valence-electron chi connectivity index (χ3n) is 4.26. The van der Waals surface area contributed by atoms with E-state index in [9.17, 15) is 18.0 Å². The summed E-state index contributed by atoms with van der Waals surface area (Å²) < 4.78 is 39.8. The first-order chi connectivity index (χ1) is 14.3. The Kier molecular flexibility index (Phi) is 8.56. The number of carbonyl (C=O) groups is 2. The predicted octanol–water partition coefficient (Wildman–Crippen LogP) is 3.69. The first-order valence-corrected chi connectivity index (χ1v) is 11.1. The van der Waals surface area contributed by atoms with Crippen LogP contribution in [0.25, 0.3) is 0 Å². The lowest BCUT2D eigenvalue weighted by atomic mass is 9.97. The zero-order valence-corrected chi connectivity index (χ0v) is 18.2. The van der Waals surface area contributed by atoms with Crippen molar-refractivity contribution >= 4 is 22.1 Å². The van der Waals surface area contributed by atoms with Crippen molar-refractivity contribution in [3.63, 3.8) is 0 Å². The highest BCUT2D eigenvalue weighted by Crippen LogP contribution is 2.20. The van der Waals surface area contributed by atoms with Gasteiger partial charge in [0.25, 0.3) is 10.1 Å². The molecule has 0 atom stereocenters. The Morgan fingerprint density at radius 1 is 0.900 bits per heavy atom. The lowest BCUT2D eigenvalue weighted by Crippen LogP contribution is -2.17. The van der Waals surface area contributed by atoms with E-state index in [1.807, 2.05) is 6.92 Å². The van der Waals surface area contributed by atoms with Crippen molar-refractivity contribution in [2.75, 3.05) is 19.8 Å². The second-order valence-electron chi connectivity index (χ2n) is 6.47. The Balaban J connectivity index is 2.12. The van der Waals surface area contributed by atoms with Crippen LogP contribution in [0, 0.1) is 6.92 Å². The average molecular weight is 435 g/mol. The van der Waals surface area contributed by atoms with Crippen molar-refractivity contribution in [2.45, 2.75) is 38.5 Å². The monoisotopic (exact) mass is 434 g/mol. The van der Waals surface area contributed by atoms with E-state index in [-0.39, 0.29) is 35.8 Å². The van der Waals surface area contributed by atoms with Crippen molar-refractivity contribution < 1.29 is 31.7 Å². The molecule has 2 aromatic rings. The van der Waals surface area contributed by atoms with Crippen molar-refractivity contribution in [1.29, 1.82) is 0 Å². The molecular weight excluding hydrogens is 408 g/mol. The van der Waals surface area contributed by atoms with Crippen LogP contribution in [0.15, 0.2) is 47.4 Å². The van der Waals surface area contributed by atoms with E-state index in [1.54, 1.807) is 38.1 Å². The maximum atomic E-state index is 12.4. The summed E-state index contributed by atoms with van der Waals surface area (Å²) in [6.45, 7) is 5.49. The Bertz CT molecular complexity index is 979. The van der Waals surface area contributed by atoms with Gasteiger partial charge >= 0.3 is 11.9 Å². The molecule has 0 radical (unpaired) electrons. The molecule has 8 heteroatoms. The van der Waals surface area contributed by atoms with E-state index in [0.717, 1.165) is 5.56 Å². The van der Waals surface area contributed by atoms with Crippen molar-refractivity contribution in [1.82, 2.24) is 0 Å². The maximum Gasteiger partial charge on any atom is 0.339 e. The lowest BCUT2D eigenvalue weighted by Gasteiger charge is -2.13. The van der Waals surface area contributed by atoms with E-state index in [1.165, 1.54) is 18.2 Å².